The molecule has 0 aliphatic carbocycles. The summed E-state index contributed by atoms with van der Waals surface area (Å²) >= 11 is -1.98. The Kier molecular flexibility index (Phi) is 6.71. The molecule has 0 saturated heterocycles. The van der Waals surface area contributed by atoms with E-state index in [0.29, 0.717) is 0 Å². The molecule has 0 bridgehead atoms. The zero-order valence-electron chi connectivity index (χ0n) is 12.1. The van der Waals surface area contributed by atoms with Gasteiger partial charge in [-0.05, 0) is 0 Å². The SMILES string of the molecule is O=C[O-].c1cc[c]([Sn+]([c]2ccccc2)[c]2ccccc2)cc1. The molecular weight excluding hydrogens is 379 g/mol. The van der Waals surface area contributed by atoms with Crippen LogP contribution in [0.2, 0.25) is 0 Å². The molecule has 3 aromatic rings. The average molecular weight is 395 g/mol. The van der Waals surface area contributed by atoms with Crippen molar-refractivity contribution in [2.24, 2.45) is 0 Å². The van der Waals surface area contributed by atoms with Crippen molar-refractivity contribution in [3.8, 4) is 0 Å². The Bertz CT molecular complexity index is 576. The third-order valence-electron chi connectivity index (χ3n) is 3.19. The van der Waals surface area contributed by atoms with Gasteiger partial charge in [0.1, 0.15) is 0 Å². The van der Waals surface area contributed by atoms with Crippen LogP contribution in [0.15, 0.2) is 91.0 Å². The molecule has 0 atom stereocenters. The van der Waals surface area contributed by atoms with Crippen molar-refractivity contribution in [3.05, 3.63) is 91.0 Å². The fourth-order valence-corrected chi connectivity index (χ4v) is 9.67. The quantitative estimate of drug-likeness (QED) is 0.481. The first-order valence-electron chi connectivity index (χ1n) is 6.95. The summed E-state index contributed by atoms with van der Waals surface area (Å²) in [6.45, 7) is -0.500. The van der Waals surface area contributed by atoms with Gasteiger partial charge in [0.15, 0.2) is 0 Å². The molecular formula is C19H16O2Sn. The summed E-state index contributed by atoms with van der Waals surface area (Å²) in [6.07, 6.45) is 0. The minimum absolute atomic E-state index is 0.500. The summed E-state index contributed by atoms with van der Waals surface area (Å²) < 4.78 is 4.59. The van der Waals surface area contributed by atoms with Crippen molar-refractivity contribution in [1.29, 1.82) is 0 Å². The van der Waals surface area contributed by atoms with Gasteiger partial charge in [-0.3, -0.25) is 0 Å². The Morgan fingerprint density at radius 2 is 0.818 bits per heavy atom. The third-order valence-corrected chi connectivity index (χ3v) is 11.0. The van der Waals surface area contributed by atoms with Gasteiger partial charge in [-0.15, -0.1) is 0 Å². The Morgan fingerprint density at radius 3 is 1.05 bits per heavy atom. The van der Waals surface area contributed by atoms with E-state index >= 15 is 0 Å². The van der Waals surface area contributed by atoms with Gasteiger partial charge in [0.05, 0.1) is 0 Å². The van der Waals surface area contributed by atoms with E-state index in [1.165, 1.54) is 10.7 Å². The molecule has 0 spiro atoms. The Balaban J connectivity index is 0.000000545. The first-order valence-corrected chi connectivity index (χ1v) is 11.2. The van der Waals surface area contributed by atoms with E-state index in [2.05, 4.69) is 91.0 Å². The number of hydrogen-bond acceptors (Lipinski definition) is 2. The van der Waals surface area contributed by atoms with Crippen LogP contribution in [0.4, 0.5) is 0 Å². The van der Waals surface area contributed by atoms with Gasteiger partial charge in [0.2, 0.25) is 0 Å². The van der Waals surface area contributed by atoms with E-state index in [-0.39, 0.29) is 0 Å². The van der Waals surface area contributed by atoms with E-state index in [9.17, 15) is 0 Å². The second kappa shape index (κ2) is 9.05. The van der Waals surface area contributed by atoms with E-state index in [1.54, 1.807) is 0 Å². The van der Waals surface area contributed by atoms with Crippen LogP contribution in [0.5, 0.6) is 0 Å². The van der Waals surface area contributed by atoms with Crippen LogP contribution in [0.1, 0.15) is 0 Å². The topological polar surface area (TPSA) is 40.1 Å². The minimum atomic E-state index is -1.98. The van der Waals surface area contributed by atoms with Crippen LogP contribution in [0.3, 0.4) is 0 Å². The number of carbonyl (C=O) groups excluding carboxylic acids is 1. The van der Waals surface area contributed by atoms with Gasteiger partial charge >= 0.3 is 121 Å². The fourth-order valence-electron chi connectivity index (χ4n) is 2.31. The van der Waals surface area contributed by atoms with Gasteiger partial charge in [-0.2, -0.15) is 0 Å². The van der Waals surface area contributed by atoms with E-state index in [1.807, 2.05) is 0 Å². The summed E-state index contributed by atoms with van der Waals surface area (Å²) in [5.74, 6) is 0. The van der Waals surface area contributed by atoms with Crippen molar-refractivity contribution < 1.29 is 9.90 Å². The van der Waals surface area contributed by atoms with Gasteiger partial charge in [-0.25, -0.2) is 0 Å². The summed E-state index contributed by atoms with van der Waals surface area (Å²) in [4.78, 5) is 8.25. The molecule has 0 radical (unpaired) electrons. The van der Waals surface area contributed by atoms with Crippen molar-refractivity contribution in [2.45, 2.75) is 0 Å². The Labute approximate surface area is 137 Å². The molecule has 0 heterocycles. The summed E-state index contributed by atoms with van der Waals surface area (Å²) in [5.41, 5.74) is 0. The number of rotatable bonds is 3. The number of benzene rings is 3. The average Bonchev–Trinajstić information content (AvgIpc) is 2.59. The number of carboxylic acid groups (broad SMARTS) is 1. The molecule has 3 rings (SSSR count). The van der Waals surface area contributed by atoms with Gasteiger partial charge < -0.3 is 9.90 Å². The zero-order chi connectivity index (χ0) is 15.6. The number of hydrogen-bond donors (Lipinski definition) is 0. The number of carbonyl (C=O) groups is 1. The van der Waals surface area contributed by atoms with E-state index in [0.717, 1.165) is 0 Å². The van der Waals surface area contributed by atoms with Gasteiger partial charge in [0, 0.05) is 6.47 Å². The molecule has 3 heteroatoms. The molecule has 0 saturated carbocycles. The molecule has 0 aromatic heterocycles. The Hall–Kier alpha value is -2.07. The van der Waals surface area contributed by atoms with Crippen LogP contribution in [-0.2, 0) is 4.79 Å². The van der Waals surface area contributed by atoms with Crippen molar-refractivity contribution in [3.63, 3.8) is 0 Å². The molecule has 0 unspecified atom stereocenters. The van der Waals surface area contributed by atoms with Crippen LogP contribution in [0.25, 0.3) is 0 Å². The summed E-state index contributed by atoms with van der Waals surface area (Å²) in [5, 5.41) is 8.25. The second-order valence-electron chi connectivity index (χ2n) is 4.57. The van der Waals surface area contributed by atoms with Crippen LogP contribution in [-0.4, -0.2) is 26.2 Å². The fraction of sp³-hybridized carbons (Fsp3) is 0. The predicted molar refractivity (Wildman–Crippen MR) is 90.0 cm³/mol. The van der Waals surface area contributed by atoms with E-state index in [4.69, 9.17) is 9.90 Å². The van der Waals surface area contributed by atoms with E-state index < -0.39 is 26.2 Å². The molecule has 0 amide bonds. The monoisotopic (exact) mass is 396 g/mol. The molecule has 0 aliphatic heterocycles. The summed E-state index contributed by atoms with van der Waals surface area (Å²) in [7, 11) is 0. The van der Waals surface area contributed by atoms with Crippen molar-refractivity contribution in [1.82, 2.24) is 0 Å². The molecule has 2 nitrogen and oxygen atoms in total. The van der Waals surface area contributed by atoms with Crippen LogP contribution < -0.4 is 15.8 Å². The molecule has 108 valence electrons. The van der Waals surface area contributed by atoms with Gasteiger partial charge in [0.25, 0.3) is 0 Å². The maximum absolute atomic E-state index is 8.25. The van der Waals surface area contributed by atoms with Gasteiger partial charge in [-0.1, -0.05) is 0 Å². The van der Waals surface area contributed by atoms with Crippen molar-refractivity contribution in [2.75, 3.05) is 0 Å². The second-order valence-corrected chi connectivity index (χ2v) is 11.7. The predicted octanol–water partition coefficient (Wildman–Crippen LogP) is 0.569. The van der Waals surface area contributed by atoms with Crippen molar-refractivity contribution >= 4 is 37.0 Å². The van der Waals surface area contributed by atoms with Crippen LogP contribution >= 0.6 is 0 Å². The zero-order valence-corrected chi connectivity index (χ0v) is 14.9. The molecule has 3 aromatic carbocycles. The standard InChI is InChI=1S/3C6H5.CH2O2.Sn/c3*1-2-4-6-5-3-1;2-1-3;/h3*1-5H;1H,(H,2,3);/q;;;;+1/p-1. The third kappa shape index (κ3) is 4.46. The molecule has 0 fully saturated rings. The molecule has 22 heavy (non-hydrogen) atoms. The van der Waals surface area contributed by atoms with Crippen LogP contribution in [0, 0.1) is 0 Å². The normalized spacial score (nSPS) is 9.27. The molecule has 0 aliphatic rings. The first kappa shape index (κ1) is 16.3. The summed E-state index contributed by atoms with van der Waals surface area (Å²) in [6, 6.07) is 32.9. The Morgan fingerprint density at radius 1 is 0.591 bits per heavy atom. The molecule has 0 N–H and O–H groups in total. The maximum atomic E-state index is 8.25. The first-order chi connectivity index (χ1) is 10.9.